The zero-order chi connectivity index (χ0) is 20.1. The first-order valence-corrected chi connectivity index (χ1v) is 11.6. The van der Waals surface area contributed by atoms with Gasteiger partial charge in [-0.25, -0.2) is 0 Å². The molecule has 0 saturated heterocycles. The maximum atomic E-state index is 13.4. The number of allylic oxidation sites excluding steroid dienone is 1. The molecule has 0 N–H and O–H groups in total. The van der Waals surface area contributed by atoms with Crippen LogP contribution in [0.2, 0.25) is 0 Å². The molecule has 1 nitrogen and oxygen atoms in total. The van der Waals surface area contributed by atoms with Crippen LogP contribution in [-0.2, 0) is 4.74 Å². The highest BCUT2D eigenvalue weighted by molar-refractivity contribution is 5.18. The highest BCUT2D eigenvalue weighted by Gasteiger charge is 2.59. The van der Waals surface area contributed by atoms with Crippen LogP contribution >= 0.6 is 0 Å². The third kappa shape index (κ3) is 3.46. The van der Waals surface area contributed by atoms with Gasteiger partial charge in [0.15, 0.2) is 0 Å². The molecule has 0 aromatic carbocycles. The van der Waals surface area contributed by atoms with Gasteiger partial charge in [0.1, 0.15) is 0 Å². The van der Waals surface area contributed by atoms with Crippen molar-refractivity contribution in [3.63, 3.8) is 0 Å². The van der Waals surface area contributed by atoms with Crippen molar-refractivity contribution in [1.82, 2.24) is 0 Å². The molecule has 4 rings (SSSR count). The summed E-state index contributed by atoms with van der Waals surface area (Å²) in [5.74, 6) is 3.86. The molecule has 4 heteroatoms. The van der Waals surface area contributed by atoms with Gasteiger partial charge in [0, 0.05) is 18.8 Å². The second-order valence-electron chi connectivity index (χ2n) is 10.5. The zero-order valence-electron chi connectivity index (χ0n) is 17.6. The minimum atomic E-state index is -4.24. The standard InChI is InChI=1S/C24H37F3O/c1-4-28-14-16-5-7-18-17(13-16)6-8-20-19(18)11-12-23(3)21(9-10-22(20)23)15(2)24(25,26)27/h16-22H,2,4-14H2,1,3H3. The lowest BCUT2D eigenvalue weighted by molar-refractivity contribution is -0.113. The van der Waals surface area contributed by atoms with Crippen LogP contribution in [0.15, 0.2) is 12.2 Å². The van der Waals surface area contributed by atoms with E-state index in [-0.39, 0.29) is 11.3 Å². The molecular weight excluding hydrogens is 361 g/mol. The van der Waals surface area contributed by atoms with Crippen LogP contribution in [0.4, 0.5) is 13.2 Å². The van der Waals surface area contributed by atoms with E-state index in [1.54, 1.807) is 0 Å². The fourth-order valence-corrected chi connectivity index (χ4v) is 8.16. The Morgan fingerprint density at radius 1 is 1.00 bits per heavy atom. The molecule has 0 aromatic heterocycles. The van der Waals surface area contributed by atoms with Crippen molar-refractivity contribution in [2.24, 2.45) is 46.8 Å². The molecule has 4 aliphatic rings. The molecule has 0 spiro atoms. The van der Waals surface area contributed by atoms with Crippen LogP contribution < -0.4 is 0 Å². The first-order valence-electron chi connectivity index (χ1n) is 11.6. The van der Waals surface area contributed by atoms with Gasteiger partial charge in [0.25, 0.3) is 0 Å². The largest absolute Gasteiger partial charge is 0.412 e. The van der Waals surface area contributed by atoms with Crippen molar-refractivity contribution in [2.75, 3.05) is 13.2 Å². The topological polar surface area (TPSA) is 9.23 Å². The van der Waals surface area contributed by atoms with Crippen molar-refractivity contribution < 1.29 is 17.9 Å². The summed E-state index contributed by atoms with van der Waals surface area (Å²) >= 11 is 0. The smallest absolute Gasteiger partial charge is 0.381 e. The highest BCUT2D eigenvalue weighted by Crippen LogP contribution is 2.66. The van der Waals surface area contributed by atoms with E-state index in [9.17, 15) is 13.2 Å². The highest BCUT2D eigenvalue weighted by atomic mass is 19.4. The van der Waals surface area contributed by atoms with Crippen molar-refractivity contribution in [3.8, 4) is 0 Å². The molecule has 0 bridgehead atoms. The number of rotatable bonds is 4. The summed E-state index contributed by atoms with van der Waals surface area (Å²) in [6.07, 6.45) is 5.94. The lowest BCUT2D eigenvalue weighted by Crippen LogP contribution is -2.49. The predicted molar refractivity (Wildman–Crippen MR) is 106 cm³/mol. The Morgan fingerprint density at radius 3 is 2.46 bits per heavy atom. The summed E-state index contributed by atoms with van der Waals surface area (Å²) in [5.41, 5.74) is -0.645. The van der Waals surface area contributed by atoms with E-state index in [1.165, 1.54) is 32.1 Å². The first-order chi connectivity index (χ1) is 13.3. The van der Waals surface area contributed by atoms with Gasteiger partial charge < -0.3 is 4.74 Å². The molecule has 4 fully saturated rings. The van der Waals surface area contributed by atoms with Crippen molar-refractivity contribution in [2.45, 2.75) is 77.8 Å². The first kappa shape index (κ1) is 20.8. The lowest BCUT2D eigenvalue weighted by atomic mass is 9.49. The Morgan fingerprint density at radius 2 is 1.75 bits per heavy atom. The van der Waals surface area contributed by atoms with Crippen LogP contribution in [-0.4, -0.2) is 19.4 Å². The summed E-state index contributed by atoms with van der Waals surface area (Å²) in [5, 5.41) is 0. The summed E-state index contributed by atoms with van der Waals surface area (Å²) in [6, 6.07) is 0. The van der Waals surface area contributed by atoms with Gasteiger partial charge in [-0.05, 0) is 112 Å². The van der Waals surface area contributed by atoms with Gasteiger partial charge in [0.05, 0.1) is 0 Å². The van der Waals surface area contributed by atoms with Gasteiger partial charge in [-0.2, -0.15) is 13.2 Å². The fourth-order valence-electron chi connectivity index (χ4n) is 8.16. The molecule has 0 aromatic rings. The second kappa shape index (κ2) is 7.63. The number of alkyl halides is 3. The summed E-state index contributed by atoms with van der Waals surface area (Å²) in [4.78, 5) is 0. The Kier molecular flexibility index (Phi) is 5.66. The third-order valence-electron chi connectivity index (χ3n) is 9.41. The molecule has 0 heterocycles. The Balaban J connectivity index is 1.46. The average Bonchev–Trinajstić information content (AvgIpc) is 3.01. The molecule has 0 aliphatic heterocycles. The fraction of sp³-hybridized carbons (Fsp3) is 0.917. The van der Waals surface area contributed by atoms with Gasteiger partial charge >= 0.3 is 6.18 Å². The van der Waals surface area contributed by atoms with Gasteiger partial charge in [-0.3, -0.25) is 0 Å². The quantitative estimate of drug-likeness (QED) is 0.462. The van der Waals surface area contributed by atoms with Crippen molar-refractivity contribution in [1.29, 1.82) is 0 Å². The number of hydrogen-bond acceptors (Lipinski definition) is 1. The Bertz CT molecular complexity index is 585. The minimum Gasteiger partial charge on any atom is -0.381 e. The van der Waals surface area contributed by atoms with E-state index in [2.05, 4.69) is 20.4 Å². The van der Waals surface area contributed by atoms with E-state index in [0.29, 0.717) is 18.3 Å². The van der Waals surface area contributed by atoms with Crippen molar-refractivity contribution in [3.05, 3.63) is 12.2 Å². The van der Waals surface area contributed by atoms with Gasteiger partial charge in [0.2, 0.25) is 0 Å². The van der Waals surface area contributed by atoms with Crippen LogP contribution in [0, 0.1) is 46.8 Å². The maximum absolute atomic E-state index is 13.4. The van der Waals surface area contributed by atoms with Crippen LogP contribution in [0.5, 0.6) is 0 Å². The number of hydrogen-bond donors (Lipinski definition) is 0. The monoisotopic (exact) mass is 398 g/mol. The van der Waals surface area contributed by atoms with Crippen molar-refractivity contribution >= 4 is 0 Å². The van der Waals surface area contributed by atoms with Crippen LogP contribution in [0.1, 0.15) is 71.6 Å². The van der Waals surface area contributed by atoms with E-state index >= 15 is 0 Å². The lowest BCUT2D eigenvalue weighted by Gasteiger charge is -2.56. The van der Waals surface area contributed by atoms with E-state index < -0.39 is 11.7 Å². The molecule has 160 valence electrons. The molecule has 0 amide bonds. The molecular formula is C24H37F3O. The SMILES string of the molecule is C=C(C1CCC2C3CCC4CC(COCC)CCC4C3CCC12C)C(F)(F)F. The van der Waals surface area contributed by atoms with Gasteiger partial charge in [-0.15, -0.1) is 0 Å². The third-order valence-corrected chi connectivity index (χ3v) is 9.41. The molecule has 8 unspecified atom stereocenters. The van der Waals surface area contributed by atoms with Crippen LogP contribution in [0.25, 0.3) is 0 Å². The van der Waals surface area contributed by atoms with E-state index in [0.717, 1.165) is 56.1 Å². The Hall–Kier alpha value is -0.510. The maximum Gasteiger partial charge on any atom is 0.412 e. The number of fused-ring (bicyclic) bond motifs is 5. The average molecular weight is 399 g/mol. The molecule has 4 aliphatic carbocycles. The van der Waals surface area contributed by atoms with Gasteiger partial charge in [-0.1, -0.05) is 13.5 Å². The normalized spacial score (nSPS) is 45.8. The molecule has 8 atom stereocenters. The predicted octanol–water partition coefficient (Wildman–Crippen LogP) is 7.03. The summed E-state index contributed by atoms with van der Waals surface area (Å²) < 4.78 is 45.9. The zero-order valence-corrected chi connectivity index (χ0v) is 17.6. The molecule has 28 heavy (non-hydrogen) atoms. The van der Waals surface area contributed by atoms with E-state index in [4.69, 9.17) is 4.74 Å². The summed E-state index contributed by atoms with van der Waals surface area (Å²) in [7, 11) is 0. The summed E-state index contributed by atoms with van der Waals surface area (Å²) in [6.45, 7) is 9.46. The minimum absolute atomic E-state index is 0.188. The van der Waals surface area contributed by atoms with E-state index in [1.807, 2.05) is 0 Å². The Labute approximate surface area is 168 Å². The number of ether oxygens (including phenoxy) is 1. The molecule has 0 radical (unpaired) electrons. The number of halogens is 3. The second-order valence-corrected chi connectivity index (χ2v) is 10.5. The van der Waals surface area contributed by atoms with Crippen LogP contribution in [0.3, 0.4) is 0 Å². The molecule has 4 saturated carbocycles.